The molecule has 0 amide bonds. The number of carboxylic acids is 1. The second kappa shape index (κ2) is 4.96. The second-order valence-electron chi connectivity index (χ2n) is 5.01. The standard InChI is InChI=1S/C16H17NO3/c1-9-6-5-7-13(11(9)3)17-8-10(2)12(4)14(15(17)18)16(19)20/h5-8H,1-4H3,(H,19,20). The van der Waals surface area contributed by atoms with Crippen LogP contribution in [-0.2, 0) is 0 Å². The molecule has 0 saturated heterocycles. The van der Waals surface area contributed by atoms with Crippen LogP contribution in [0, 0.1) is 27.7 Å². The Morgan fingerprint density at radius 3 is 2.30 bits per heavy atom. The van der Waals surface area contributed by atoms with Crippen LogP contribution in [0.2, 0.25) is 0 Å². The van der Waals surface area contributed by atoms with Crippen molar-refractivity contribution in [1.29, 1.82) is 0 Å². The van der Waals surface area contributed by atoms with E-state index in [1.165, 1.54) is 4.57 Å². The van der Waals surface area contributed by atoms with Gasteiger partial charge in [0.25, 0.3) is 5.56 Å². The number of carbonyl (C=O) groups is 1. The summed E-state index contributed by atoms with van der Waals surface area (Å²) in [7, 11) is 0. The topological polar surface area (TPSA) is 59.3 Å². The lowest BCUT2D eigenvalue weighted by molar-refractivity contribution is 0.0693. The van der Waals surface area contributed by atoms with Gasteiger partial charge in [-0.2, -0.15) is 0 Å². The van der Waals surface area contributed by atoms with Gasteiger partial charge in [-0.15, -0.1) is 0 Å². The van der Waals surface area contributed by atoms with Gasteiger partial charge < -0.3 is 5.11 Å². The van der Waals surface area contributed by atoms with Crippen LogP contribution in [0.4, 0.5) is 0 Å². The lowest BCUT2D eigenvalue weighted by atomic mass is 10.0. The summed E-state index contributed by atoms with van der Waals surface area (Å²) in [6.45, 7) is 7.35. The Labute approximate surface area is 117 Å². The van der Waals surface area contributed by atoms with Gasteiger partial charge in [-0.1, -0.05) is 12.1 Å². The summed E-state index contributed by atoms with van der Waals surface area (Å²) in [5.41, 5.74) is 3.39. The van der Waals surface area contributed by atoms with Crippen LogP contribution in [0.25, 0.3) is 5.69 Å². The molecule has 0 aliphatic carbocycles. The molecule has 0 radical (unpaired) electrons. The van der Waals surface area contributed by atoms with E-state index in [0.29, 0.717) is 5.56 Å². The molecule has 4 nitrogen and oxygen atoms in total. The number of hydrogen-bond acceptors (Lipinski definition) is 2. The van der Waals surface area contributed by atoms with E-state index in [1.54, 1.807) is 13.1 Å². The molecule has 0 bridgehead atoms. The van der Waals surface area contributed by atoms with Gasteiger partial charge in [0.15, 0.2) is 0 Å². The number of pyridine rings is 1. The number of carboxylic acid groups (broad SMARTS) is 1. The van der Waals surface area contributed by atoms with Gasteiger partial charge >= 0.3 is 5.97 Å². The van der Waals surface area contributed by atoms with Crippen molar-refractivity contribution in [1.82, 2.24) is 4.57 Å². The van der Waals surface area contributed by atoms with Crippen LogP contribution < -0.4 is 5.56 Å². The minimum absolute atomic E-state index is 0.161. The van der Waals surface area contributed by atoms with Gasteiger partial charge in [0, 0.05) is 6.20 Å². The van der Waals surface area contributed by atoms with E-state index in [-0.39, 0.29) is 5.56 Å². The third kappa shape index (κ3) is 2.13. The van der Waals surface area contributed by atoms with Crippen LogP contribution in [0.3, 0.4) is 0 Å². The summed E-state index contributed by atoms with van der Waals surface area (Å²) in [6, 6.07) is 5.65. The first-order valence-corrected chi connectivity index (χ1v) is 6.37. The first kappa shape index (κ1) is 14.1. The first-order chi connectivity index (χ1) is 9.34. The quantitative estimate of drug-likeness (QED) is 0.913. The molecule has 20 heavy (non-hydrogen) atoms. The second-order valence-corrected chi connectivity index (χ2v) is 5.01. The third-order valence-corrected chi connectivity index (χ3v) is 3.77. The number of benzene rings is 1. The molecule has 1 aromatic heterocycles. The third-order valence-electron chi connectivity index (χ3n) is 3.77. The summed E-state index contributed by atoms with van der Waals surface area (Å²) in [4.78, 5) is 23.7. The lowest BCUT2D eigenvalue weighted by Crippen LogP contribution is -2.27. The number of rotatable bonds is 2. The number of aryl methyl sites for hydroxylation is 2. The maximum Gasteiger partial charge on any atom is 0.341 e. The Balaban J connectivity index is 2.86. The zero-order valence-electron chi connectivity index (χ0n) is 12.0. The SMILES string of the molecule is Cc1cccc(-n2cc(C)c(C)c(C(=O)O)c2=O)c1C. The zero-order valence-corrected chi connectivity index (χ0v) is 12.0. The van der Waals surface area contributed by atoms with Gasteiger partial charge in [0.1, 0.15) is 5.56 Å². The summed E-state index contributed by atoms with van der Waals surface area (Å²) < 4.78 is 1.42. The predicted molar refractivity (Wildman–Crippen MR) is 77.9 cm³/mol. The molecule has 0 atom stereocenters. The van der Waals surface area contributed by atoms with Crippen molar-refractivity contribution in [3.8, 4) is 5.69 Å². The molecule has 1 heterocycles. The van der Waals surface area contributed by atoms with E-state index < -0.39 is 11.5 Å². The maximum absolute atomic E-state index is 12.4. The van der Waals surface area contributed by atoms with E-state index in [2.05, 4.69) is 0 Å². The van der Waals surface area contributed by atoms with Crippen LogP contribution in [0.5, 0.6) is 0 Å². The smallest absolute Gasteiger partial charge is 0.341 e. The average molecular weight is 271 g/mol. The molecule has 0 spiro atoms. The van der Waals surface area contributed by atoms with Crippen molar-refractivity contribution >= 4 is 5.97 Å². The summed E-state index contributed by atoms with van der Waals surface area (Å²) in [5, 5.41) is 9.25. The molecule has 1 N–H and O–H groups in total. The molecule has 2 aromatic rings. The number of aromatic nitrogens is 1. The van der Waals surface area contributed by atoms with Crippen molar-refractivity contribution in [3.05, 3.63) is 62.6 Å². The van der Waals surface area contributed by atoms with Gasteiger partial charge in [0.05, 0.1) is 5.69 Å². The summed E-state index contributed by atoms with van der Waals surface area (Å²) >= 11 is 0. The van der Waals surface area contributed by atoms with Crippen molar-refractivity contribution in [3.63, 3.8) is 0 Å². The summed E-state index contributed by atoms with van der Waals surface area (Å²) in [6.07, 6.45) is 1.70. The van der Waals surface area contributed by atoms with Crippen molar-refractivity contribution in [2.45, 2.75) is 27.7 Å². The van der Waals surface area contributed by atoms with E-state index in [4.69, 9.17) is 0 Å². The van der Waals surface area contributed by atoms with Crippen molar-refractivity contribution < 1.29 is 9.90 Å². The van der Waals surface area contributed by atoms with Crippen LogP contribution in [0.1, 0.15) is 32.6 Å². The normalized spacial score (nSPS) is 10.6. The minimum Gasteiger partial charge on any atom is -0.477 e. The fourth-order valence-electron chi connectivity index (χ4n) is 2.25. The fourth-order valence-corrected chi connectivity index (χ4v) is 2.25. The van der Waals surface area contributed by atoms with Crippen molar-refractivity contribution in [2.24, 2.45) is 0 Å². The van der Waals surface area contributed by atoms with Gasteiger partial charge in [0.2, 0.25) is 0 Å². The van der Waals surface area contributed by atoms with Crippen LogP contribution >= 0.6 is 0 Å². The highest BCUT2D eigenvalue weighted by Gasteiger charge is 2.18. The van der Waals surface area contributed by atoms with E-state index >= 15 is 0 Å². The largest absolute Gasteiger partial charge is 0.477 e. The lowest BCUT2D eigenvalue weighted by Gasteiger charge is -2.14. The molecular formula is C16H17NO3. The van der Waals surface area contributed by atoms with Crippen LogP contribution in [0.15, 0.2) is 29.2 Å². The molecule has 1 aromatic carbocycles. The molecule has 2 rings (SSSR count). The number of aromatic carboxylic acids is 1. The Morgan fingerprint density at radius 1 is 1.05 bits per heavy atom. The molecular weight excluding hydrogens is 254 g/mol. The first-order valence-electron chi connectivity index (χ1n) is 6.37. The van der Waals surface area contributed by atoms with Gasteiger partial charge in [-0.3, -0.25) is 9.36 Å². The molecule has 0 aliphatic rings. The molecule has 0 unspecified atom stereocenters. The average Bonchev–Trinajstić information content (AvgIpc) is 2.37. The molecule has 4 heteroatoms. The molecule has 104 valence electrons. The Morgan fingerprint density at radius 2 is 1.70 bits per heavy atom. The highest BCUT2D eigenvalue weighted by molar-refractivity contribution is 5.89. The Hall–Kier alpha value is -2.36. The van der Waals surface area contributed by atoms with E-state index in [1.807, 2.05) is 39.0 Å². The molecule has 0 aliphatic heterocycles. The minimum atomic E-state index is -1.18. The number of hydrogen-bond donors (Lipinski definition) is 1. The summed E-state index contributed by atoms with van der Waals surface area (Å²) in [5.74, 6) is -1.18. The van der Waals surface area contributed by atoms with Crippen molar-refractivity contribution in [2.75, 3.05) is 0 Å². The predicted octanol–water partition coefficient (Wildman–Crippen LogP) is 2.77. The highest BCUT2D eigenvalue weighted by Crippen LogP contribution is 2.18. The maximum atomic E-state index is 12.4. The number of nitrogens with zero attached hydrogens (tertiary/aromatic N) is 1. The van der Waals surface area contributed by atoms with Gasteiger partial charge in [-0.05, 0) is 56.0 Å². The Kier molecular flexibility index (Phi) is 3.49. The van der Waals surface area contributed by atoms with E-state index in [9.17, 15) is 14.7 Å². The zero-order chi connectivity index (χ0) is 15.0. The molecule has 0 fully saturated rings. The monoisotopic (exact) mass is 271 g/mol. The van der Waals surface area contributed by atoms with E-state index in [0.717, 1.165) is 22.4 Å². The molecule has 0 saturated carbocycles. The van der Waals surface area contributed by atoms with Crippen LogP contribution in [-0.4, -0.2) is 15.6 Å². The Bertz CT molecular complexity index is 757. The van der Waals surface area contributed by atoms with Gasteiger partial charge in [-0.25, -0.2) is 4.79 Å². The fraction of sp³-hybridized carbons (Fsp3) is 0.250. The highest BCUT2D eigenvalue weighted by atomic mass is 16.4.